The van der Waals surface area contributed by atoms with Crippen LogP contribution in [-0.4, -0.2) is 42.9 Å². The molecule has 106 valence electrons. The van der Waals surface area contributed by atoms with Gasteiger partial charge in [-0.05, 0) is 12.3 Å². The maximum atomic E-state index is 11.5. The molecule has 0 radical (unpaired) electrons. The van der Waals surface area contributed by atoms with Crippen molar-refractivity contribution in [1.82, 2.24) is 5.32 Å². The molecule has 1 amide bonds. The highest BCUT2D eigenvalue weighted by Gasteiger charge is 2.26. The van der Waals surface area contributed by atoms with Crippen molar-refractivity contribution in [3.8, 4) is 0 Å². The molecule has 0 heterocycles. The molecular formula is C11H21NO5S. The smallest absolute Gasteiger partial charge is 0.326 e. The highest BCUT2D eigenvalue weighted by molar-refractivity contribution is 7.92. The largest absolute Gasteiger partial charge is 0.480 e. The van der Waals surface area contributed by atoms with Crippen LogP contribution in [-0.2, 0) is 19.4 Å². The lowest BCUT2D eigenvalue weighted by Gasteiger charge is -2.20. The van der Waals surface area contributed by atoms with Crippen LogP contribution >= 0.6 is 0 Å². The highest BCUT2D eigenvalue weighted by atomic mass is 32.2. The van der Waals surface area contributed by atoms with Crippen molar-refractivity contribution in [3.05, 3.63) is 0 Å². The van der Waals surface area contributed by atoms with Crippen LogP contribution < -0.4 is 5.32 Å². The summed E-state index contributed by atoms with van der Waals surface area (Å²) in [6.45, 7) is 5.20. The van der Waals surface area contributed by atoms with Crippen molar-refractivity contribution in [3.63, 3.8) is 0 Å². The molecule has 0 aliphatic heterocycles. The van der Waals surface area contributed by atoms with Gasteiger partial charge in [-0.1, -0.05) is 27.2 Å². The Morgan fingerprint density at radius 2 is 1.83 bits per heavy atom. The second-order valence-electron chi connectivity index (χ2n) is 4.36. The van der Waals surface area contributed by atoms with Gasteiger partial charge in [0.05, 0.1) is 5.75 Å². The molecule has 0 spiro atoms. The van der Waals surface area contributed by atoms with Crippen LogP contribution in [0, 0.1) is 5.92 Å². The van der Waals surface area contributed by atoms with Crippen molar-refractivity contribution < 1.29 is 23.1 Å². The Balaban J connectivity index is 4.58. The number of amides is 1. The third-order valence-electron chi connectivity index (χ3n) is 2.66. The van der Waals surface area contributed by atoms with E-state index in [0.717, 1.165) is 0 Å². The van der Waals surface area contributed by atoms with E-state index in [0.29, 0.717) is 12.8 Å². The van der Waals surface area contributed by atoms with E-state index in [1.54, 1.807) is 20.8 Å². The third kappa shape index (κ3) is 6.00. The Labute approximate surface area is 108 Å². The summed E-state index contributed by atoms with van der Waals surface area (Å²) >= 11 is 0. The third-order valence-corrected chi connectivity index (χ3v) is 4.39. The van der Waals surface area contributed by atoms with Gasteiger partial charge in [-0.25, -0.2) is 13.2 Å². The summed E-state index contributed by atoms with van der Waals surface area (Å²) in [5.74, 6) is -2.87. The van der Waals surface area contributed by atoms with E-state index in [9.17, 15) is 18.0 Å². The van der Waals surface area contributed by atoms with Crippen molar-refractivity contribution in [2.45, 2.75) is 39.7 Å². The molecule has 6 nitrogen and oxygen atoms in total. The number of rotatable bonds is 8. The summed E-state index contributed by atoms with van der Waals surface area (Å²) in [5.41, 5.74) is 0. The monoisotopic (exact) mass is 279 g/mol. The predicted octanol–water partition coefficient (Wildman–Crippen LogP) is 0.427. The molecule has 2 N–H and O–H groups in total. The summed E-state index contributed by atoms with van der Waals surface area (Å²) in [5, 5.41) is 11.2. The first-order chi connectivity index (χ1) is 8.23. The number of hydrogen-bond acceptors (Lipinski definition) is 4. The van der Waals surface area contributed by atoms with Gasteiger partial charge >= 0.3 is 5.97 Å². The van der Waals surface area contributed by atoms with E-state index in [-0.39, 0.29) is 11.7 Å². The second kappa shape index (κ2) is 7.35. The molecule has 7 heteroatoms. The lowest BCUT2D eigenvalue weighted by Crippen LogP contribution is -2.47. The maximum absolute atomic E-state index is 11.5. The van der Waals surface area contributed by atoms with Crippen molar-refractivity contribution >= 4 is 21.7 Å². The van der Waals surface area contributed by atoms with Crippen LogP contribution in [0.15, 0.2) is 0 Å². The lowest BCUT2D eigenvalue weighted by molar-refractivity contribution is -0.143. The Morgan fingerprint density at radius 1 is 1.28 bits per heavy atom. The molecule has 0 aliphatic carbocycles. The summed E-state index contributed by atoms with van der Waals surface area (Å²) in [6, 6.07) is -1.04. The lowest BCUT2D eigenvalue weighted by atomic mass is 9.99. The van der Waals surface area contributed by atoms with E-state index in [1.807, 2.05) is 0 Å². The van der Waals surface area contributed by atoms with E-state index in [1.165, 1.54) is 0 Å². The summed E-state index contributed by atoms with van der Waals surface area (Å²) in [7, 11) is -3.44. The van der Waals surface area contributed by atoms with E-state index in [4.69, 9.17) is 5.11 Å². The van der Waals surface area contributed by atoms with Gasteiger partial charge in [-0.15, -0.1) is 0 Å². The highest BCUT2D eigenvalue weighted by Crippen LogP contribution is 2.08. The van der Waals surface area contributed by atoms with Crippen molar-refractivity contribution in [2.24, 2.45) is 5.92 Å². The minimum absolute atomic E-state index is 0.0680. The van der Waals surface area contributed by atoms with Gasteiger partial charge in [0.2, 0.25) is 5.91 Å². The average Bonchev–Trinajstić information content (AvgIpc) is 2.23. The Morgan fingerprint density at radius 3 is 2.22 bits per heavy atom. The van der Waals surface area contributed by atoms with Crippen LogP contribution in [0.25, 0.3) is 0 Å². The molecule has 0 saturated carbocycles. The molecule has 2 atom stereocenters. The Bertz CT molecular complexity index is 390. The molecule has 0 aliphatic rings. The van der Waals surface area contributed by atoms with Gasteiger partial charge in [0.1, 0.15) is 11.8 Å². The number of hydrogen-bond donors (Lipinski definition) is 2. The normalized spacial score (nSPS) is 14.8. The first-order valence-electron chi connectivity index (χ1n) is 5.96. The van der Waals surface area contributed by atoms with Crippen molar-refractivity contribution in [2.75, 3.05) is 11.5 Å². The van der Waals surface area contributed by atoms with Crippen LogP contribution in [0.1, 0.15) is 33.6 Å². The zero-order chi connectivity index (χ0) is 14.3. The summed E-state index contributed by atoms with van der Waals surface area (Å²) in [6.07, 6.45) is 1.02. The first-order valence-corrected chi connectivity index (χ1v) is 7.78. The molecule has 0 unspecified atom stereocenters. The zero-order valence-electron chi connectivity index (χ0n) is 11.0. The minimum atomic E-state index is -3.44. The number of carboxylic acid groups (broad SMARTS) is 1. The van der Waals surface area contributed by atoms with Crippen LogP contribution in [0.3, 0.4) is 0 Å². The van der Waals surface area contributed by atoms with Crippen LogP contribution in [0.2, 0.25) is 0 Å². The number of aliphatic carboxylic acids is 1. The number of carboxylic acids is 1. The van der Waals surface area contributed by atoms with Gasteiger partial charge in [0.15, 0.2) is 9.84 Å². The fourth-order valence-corrected chi connectivity index (χ4v) is 2.73. The second-order valence-corrected chi connectivity index (χ2v) is 6.55. The SMILES string of the molecule is CCCS(=O)(=O)CC(=O)N[C@H](C(=O)O)[C@@H](C)CC. The standard InChI is InChI=1S/C11H21NO5S/c1-4-6-18(16,17)7-9(13)12-10(11(14)15)8(3)5-2/h8,10H,4-7H2,1-3H3,(H,12,13)(H,14,15)/t8-,10-/m0/s1. The Kier molecular flexibility index (Phi) is 6.90. The molecule has 0 aromatic rings. The van der Waals surface area contributed by atoms with Gasteiger partial charge in [-0.2, -0.15) is 0 Å². The first kappa shape index (κ1) is 16.9. The number of carbonyl (C=O) groups excluding carboxylic acids is 1. The molecule has 0 fully saturated rings. The molecule has 0 rings (SSSR count). The maximum Gasteiger partial charge on any atom is 0.326 e. The number of sulfone groups is 1. The van der Waals surface area contributed by atoms with E-state index < -0.39 is 33.5 Å². The van der Waals surface area contributed by atoms with Gasteiger partial charge in [-0.3, -0.25) is 4.79 Å². The number of carbonyl (C=O) groups is 2. The number of nitrogens with one attached hydrogen (secondary N) is 1. The quantitative estimate of drug-likeness (QED) is 0.671. The van der Waals surface area contributed by atoms with E-state index in [2.05, 4.69) is 5.32 Å². The minimum Gasteiger partial charge on any atom is -0.480 e. The summed E-state index contributed by atoms with van der Waals surface area (Å²) < 4.78 is 22.8. The fraction of sp³-hybridized carbons (Fsp3) is 0.818. The topological polar surface area (TPSA) is 101 Å². The zero-order valence-corrected chi connectivity index (χ0v) is 11.8. The molecule has 0 aromatic heterocycles. The van der Waals surface area contributed by atoms with Gasteiger partial charge in [0, 0.05) is 0 Å². The van der Waals surface area contributed by atoms with Gasteiger partial charge in [0.25, 0.3) is 0 Å². The average molecular weight is 279 g/mol. The van der Waals surface area contributed by atoms with Gasteiger partial charge < -0.3 is 10.4 Å². The van der Waals surface area contributed by atoms with Crippen LogP contribution in [0.5, 0.6) is 0 Å². The molecule has 0 saturated heterocycles. The predicted molar refractivity (Wildman–Crippen MR) is 68.0 cm³/mol. The molecule has 18 heavy (non-hydrogen) atoms. The Hall–Kier alpha value is -1.11. The van der Waals surface area contributed by atoms with Crippen molar-refractivity contribution in [1.29, 1.82) is 0 Å². The molecule has 0 aromatic carbocycles. The fourth-order valence-electron chi connectivity index (χ4n) is 1.48. The van der Waals surface area contributed by atoms with E-state index >= 15 is 0 Å². The summed E-state index contributed by atoms with van der Waals surface area (Å²) in [4.78, 5) is 22.5. The molecule has 0 bridgehead atoms. The molecular weight excluding hydrogens is 258 g/mol. The van der Waals surface area contributed by atoms with Crippen LogP contribution in [0.4, 0.5) is 0 Å².